The number of hydroxylamine groups is 2. The first-order valence-corrected chi connectivity index (χ1v) is 8.83. The highest BCUT2D eigenvalue weighted by Gasteiger charge is 2.09. The van der Waals surface area contributed by atoms with Gasteiger partial charge in [0, 0.05) is 0 Å². The van der Waals surface area contributed by atoms with Crippen LogP contribution in [0.1, 0.15) is 16.7 Å². The number of hydrogen-bond donors (Lipinski definition) is 2. The van der Waals surface area contributed by atoms with Crippen molar-refractivity contribution in [3.05, 3.63) is 95.6 Å². The molecule has 0 amide bonds. The fourth-order valence-electron chi connectivity index (χ4n) is 2.55. The number of phenolic OH excluding ortho intramolecular Hbond substituents is 2. The Bertz CT molecular complexity index is 781. The Kier molecular flexibility index (Phi) is 6.82. The van der Waals surface area contributed by atoms with Crippen LogP contribution in [0.15, 0.2) is 78.9 Å². The van der Waals surface area contributed by atoms with Gasteiger partial charge >= 0.3 is 0 Å². The standard InChI is InChI=1S/C22H23NO4/c24-21-12-11-18(15-22(21)25)13-14-23(26-16-19-7-3-1-4-8-19)27-17-20-9-5-2-6-10-20/h1-12,15,24-25H,13-14,16-17H2. The summed E-state index contributed by atoms with van der Waals surface area (Å²) in [6.45, 7) is 1.27. The zero-order chi connectivity index (χ0) is 18.9. The molecule has 2 N–H and O–H groups in total. The molecule has 0 heterocycles. The largest absolute Gasteiger partial charge is 0.504 e. The van der Waals surface area contributed by atoms with E-state index >= 15 is 0 Å². The van der Waals surface area contributed by atoms with Crippen LogP contribution in [-0.4, -0.2) is 22.0 Å². The first-order chi connectivity index (χ1) is 13.2. The summed E-state index contributed by atoms with van der Waals surface area (Å²) >= 11 is 0. The minimum absolute atomic E-state index is 0.128. The molecule has 140 valence electrons. The van der Waals surface area contributed by atoms with Crippen molar-refractivity contribution in [2.45, 2.75) is 19.6 Å². The molecule has 0 radical (unpaired) electrons. The molecule has 0 saturated carbocycles. The van der Waals surface area contributed by atoms with Crippen LogP contribution >= 0.6 is 0 Å². The second-order valence-corrected chi connectivity index (χ2v) is 6.15. The summed E-state index contributed by atoms with van der Waals surface area (Å²) in [5.74, 6) is -0.259. The van der Waals surface area contributed by atoms with Crippen molar-refractivity contribution in [2.24, 2.45) is 0 Å². The Morgan fingerprint density at radius 1 is 0.630 bits per heavy atom. The van der Waals surface area contributed by atoms with E-state index in [4.69, 9.17) is 9.68 Å². The molecule has 5 nitrogen and oxygen atoms in total. The lowest BCUT2D eigenvalue weighted by Crippen LogP contribution is -2.26. The minimum Gasteiger partial charge on any atom is -0.504 e. The second kappa shape index (κ2) is 9.73. The molecule has 0 bridgehead atoms. The van der Waals surface area contributed by atoms with Gasteiger partial charge in [-0.05, 0) is 35.2 Å². The summed E-state index contributed by atoms with van der Waals surface area (Å²) in [4.78, 5) is 11.6. The van der Waals surface area contributed by atoms with Crippen molar-refractivity contribution in [2.75, 3.05) is 6.54 Å². The Morgan fingerprint density at radius 3 is 1.70 bits per heavy atom. The lowest BCUT2D eigenvalue weighted by Gasteiger charge is -2.21. The first kappa shape index (κ1) is 18.9. The van der Waals surface area contributed by atoms with E-state index in [0.717, 1.165) is 16.7 Å². The van der Waals surface area contributed by atoms with Gasteiger partial charge in [0.1, 0.15) is 0 Å². The third-order valence-electron chi connectivity index (χ3n) is 4.06. The summed E-state index contributed by atoms with van der Waals surface area (Å²) in [7, 11) is 0. The van der Waals surface area contributed by atoms with E-state index < -0.39 is 0 Å². The molecule has 0 spiro atoms. The Balaban J connectivity index is 1.59. The van der Waals surface area contributed by atoms with Crippen LogP contribution in [0.3, 0.4) is 0 Å². The SMILES string of the molecule is Oc1ccc(CCN(OCc2ccccc2)OCc2ccccc2)cc1O. The molecule has 3 aromatic carbocycles. The molecule has 0 fully saturated rings. The van der Waals surface area contributed by atoms with Crippen LogP contribution in [-0.2, 0) is 29.3 Å². The average molecular weight is 365 g/mol. The third kappa shape index (κ3) is 6.11. The fourth-order valence-corrected chi connectivity index (χ4v) is 2.55. The summed E-state index contributed by atoms with van der Waals surface area (Å²) < 4.78 is 0. The van der Waals surface area contributed by atoms with Crippen molar-refractivity contribution >= 4 is 0 Å². The highest BCUT2D eigenvalue weighted by molar-refractivity contribution is 5.40. The van der Waals surface area contributed by atoms with Gasteiger partial charge in [-0.15, -0.1) is 0 Å². The van der Waals surface area contributed by atoms with Crippen LogP contribution in [0.25, 0.3) is 0 Å². The quantitative estimate of drug-likeness (QED) is 0.439. The van der Waals surface area contributed by atoms with Crippen LogP contribution in [0.5, 0.6) is 11.5 Å². The number of benzene rings is 3. The zero-order valence-electron chi connectivity index (χ0n) is 15.0. The Morgan fingerprint density at radius 2 is 1.19 bits per heavy atom. The van der Waals surface area contributed by atoms with Crippen molar-refractivity contribution in [1.29, 1.82) is 0 Å². The third-order valence-corrected chi connectivity index (χ3v) is 4.06. The molecule has 0 saturated heterocycles. The van der Waals surface area contributed by atoms with E-state index in [1.165, 1.54) is 11.3 Å². The van der Waals surface area contributed by atoms with Crippen LogP contribution in [0.2, 0.25) is 0 Å². The average Bonchev–Trinajstić information content (AvgIpc) is 2.71. The van der Waals surface area contributed by atoms with Gasteiger partial charge in [0.2, 0.25) is 0 Å². The lowest BCUT2D eigenvalue weighted by atomic mass is 10.1. The van der Waals surface area contributed by atoms with Gasteiger partial charge in [0.05, 0.1) is 19.8 Å². The molecule has 3 rings (SSSR count). The van der Waals surface area contributed by atoms with Gasteiger partial charge in [0.25, 0.3) is 0 Å². The van der Waals surface area contributed by atoms with Gasteiger partial charge < -0.3 is 10.2 Å². The monoisotopic (exact) mass is 365 g/mol. The van der Waals surface area contributed by atoms with Gasteiger partial charge in [0.15, 0.2) is 11.5 Å². The minimum atomic E-state index is -0.130. The van der Waals surface area contributed by atoms with Gasteiger partial charge in [-0.2, -0.15) is 0 Å². The van der Waals surface area contributed by atoms with Crippen molar-refractivity contribution < 1.29 is 19.9 Å². The summed E-state index contributed by atoms with van der Waals surface area (Å²) in [6, 6.07) is 24.5. The van der Waals surface area contributed by atoms with E-state index in [2.05, 4.69) is 0 Å². The van der Waals surface area contributed by atoms with Gasteiger partial charge in [-0.1, -0.05) is 72.0 Å². The maximum absolute atomic E-state index is 9.64. The predicted octanol–water partition coefficient (Wildman–Crippen LogP) is 4.21. The highest BCUT2D eigenvalue weighted by Crippen LogP contribution is 2.25. The van der Waals surface area contributed by atoms with E-state index in [1.807, 2.05) is 60.7 Å². The molecular weight excluding hydrogens is 342 g/mol. The molecule has 3 aromatic rings. The van der Waals surface area contributed by atoms with Crippen LogP contribution < -0.4 is 0 Å². The summed E-state index contributed by atoms with van der Waals surface area (Å²) in [5.41, 5.74) is 2.98. The van der Waals surface area contributed by atoms with Crippen molar-refractivity contribution in [3.8, 4) is 11.5 Å². The van der Waals surface area contributed by atoms with Crippen molar-refractivity contribution in [3.63, 3.8) is 0 Å². The molecule has 27 heavy (non-hydrogen) atoms. The summed E-state index contributed by atoms with van der Waals surface area (Å²) in [6.07, 6.45) is 0.595. The number of rotatable bonds is 9. The first-order valence-electron chi connectivity index (χ1n) is 8.83. The van der Waals surface area contributed by atoms with Crippen LogP contribution in [0.4, 0.5) is 0 Å². The van der Waals surface area contributed by atoms with Crippen molar-refractivity contribution in [1.82, 2.24) is 5.23 Å². The molecule has 0 aromatic heterocycles. The lowest BCUT2D eigenvalue weighted by molar-refractivity contribution is -0.379. The fraction of sp³-hybridized carbons (Fsp3) is 0.182. The number of nitrogens with zero attached hydrogens (tertiary/aromatic N) is 1. The second-order valence-electron chi connectivity index (χ2n) is 6.15. The smallest absolute Gasteiger partial charge is 0.157 e. The normalized spacial score (nSPS) is 11.0. The van der Waals surface area contributed by atoms with Gasteiger partial charge in [-0.3, -0.25) is 9.68 Å². The van der Waals surface area contributed by atoms with E-state index in [0.29, 0.717) is 26.2 Å². The molecule has 0 aliphatic heterocycles. The Hall–Kier alpha value is -2.86. The van der Waals surface area contributed by atoms with Crippen LogP contribution in [0, 0.1) is 0 Å². The molecule has 0 aliphatic carbocycles. The van der Waals surface area contributed by atoms with E-state index in [-0.39, 0.29) is 11.5 Å². The summed E-state index contributed by atoms with van der Waals surface area (Å²) in [5, 5.41) is 20.6. The molecule has 0 atom stereocenters. The maximum Gasteiger partial charge on any atom is 0.157 e. The van der Waals surface area contributed by atoms with E-state index in [9.17, 15) is 10.2 Å². The molecule has 5 heteroatoms. The zero-order valence-corrected chi connectivity index (χ0v) is 15.0. The van der Waals surface area contributed by atoms with Gasteiger partial charge in [-0.25, -0.2) is 0 Å². The maximum atomic E-state index is 9.64. The van der Waals surface area contributed by atoms with E-state index in [1.54, 1.807) is 12.1 Å². The molecule has 0 aliphatic rings. The Labute approximate surface area is 158 Å². The topological polar surface area (TPSA) is 62.2 Å². The molecular formula is C22H23NO4. The number of phenols is 2. The number of aromatic hydroxyl groups is 2. The molecule has 0 unspecified atom stereocenters. The highest BCUT2D eigenvalue weighted by atomic mass is 16.9. The number of hydrogen-bond acceptors (Lipinski definition) is 5. The predicted molar refractivity (Wildman–Crippen MR) is 103 cm³/mol.